The molecule has 6 atom stereocenters. The molecule has 6 nitrogen and oxygen atoms in total. The van der Waals surface area contributed by atoms with Crippen molar-refractivity contribution in [2.24, 2.45) is 0 Å². The zero-order valence-electron chi connectivity index (χ0n) is 23.0. The molecule has 3 aromatic carbocycles. The van der Waals surface area contributed by atoms with Crippen LogP contribution in [0.3, 0.4) is 0 Å². The van der Waals surface area contributed by atoms with Gasteiger partial charge in [-0.25, -0.2) is 0 Å². The van der Waals surface area contributed by atoms with Crippen LogP contribution in [0.15, 0.2) is 91.0 Å². The number of benzene rings is 3. The predicted octanol–water partition coefficient (Wildman–Crippen LogP) is 6.22. The van der Waals surface area contributed by atoms with Gasteiger partial charge in [-0.3, -0.25) is 0 Å². The molecular weight excluding hydrogens is 504 g/mol. The Kier molecular flexibility index (Phi) is 9.56. The number of rotatable bonds is 12. The number of fused-ring (bicyclic) bond motifs is 2. The smallest absolute Gasteiger partial charge is 0.187 e. The SMILES string of the molecule is c1ccc(COC[C@H]2O[C@H]3[C@H](OCc4ccccc4)[C@@H]2O[C@H](OC2CCCCC2)[C@H]3OCc2ccccc2)cc1. The van der Waals surface area contributed by atoms with Gasteiger partial charge in [-0.05, 0) is 29.5 Å². The van der Waals surface area contributed by atoms with Gasteiger partial charge in [0, 0.05) is 0 Å². The summed E-state index contributed by atoms with van der Waals surface area (Å²) in [5, 5.41) is 0. The maximum absolute atomic E-state index is 6.72. The average Bonchev–Trinajstić information content (AvgIpc) is 3.26. The highest BCUT2D eigenvalue weighted by atomic mass is 16.7. The van der Waals surface area contributed by atoms with E-state index in [-0.39, 0.29) is 30.5 Å². The summed E-state index contributed by atoms with van der Waals surface area (Å²) < 4.78 is 39.2. The zero-order chi connectivity index (χ0) is 27.0. The zero-order valence-corrected chi connectivity index (χ0v) is 23.0. The molecule has 3 fully saturated rings. The van der Waals surface area contributed by atoms with E-state index >= 15 is 0 Å². The maximum Gasteiger partial charge on any atom is 0.187 e. The molecular formula is C34H40O6. The number of ether oxygens (including phenoxy) is 6. The third-order valence-electron chi connectivity index (χ3n) is 8.07. The summed E-state index contributed by atoms with van der Waals surface area (Å²) >= 11 is 0. The van der Waals surface area contributed by atoms with E-state index in [1.54, 1.807) is 0 Å². The van der Waals surface area contributed by atoms with Crippen molar-refractivity contribution < 1.29 is 28.4 Å². The molecule has 0 N–H and O–H groups in total. The van der Waals surface area contributed by atoms with Gasteiger partial charge in [0.2, 0.25) is 0 Å². The quantitative estimate of drug-likeness (QED) is 0.270. The van der Waals surface area contributed by atoms with Crippen LogP contribution in [0.4, 0.5) is 0 Å². The Hall–Kier alpha value is -2.58. The van der Waals surface area contributed by atoms with E-state index in [1.165, 1.54) is 19.3 Å². The second-order valence-corrected chi connectivity index (χ2v) is 11.0. The van der Waals surface area contributed by atoms with Gasteiger partial charge in [0.15, 0.2) is 6.29 Å². The molecule has 2 bridgehead atoms. The molecule has 1 saturated carbocycles. The molecule has 2 heterocycles. The fourth-order valence-electron chi connectivity index (χ4n) is 5.97. The molecule has 0 spiro atoms. The molecule has 0 unspecified atom stereocenters. The van der Waals surface area contributed by atoms with Crippen LogP contribution in [0.25, 0.3) is 0 Å². The highest BCUT2D eigenvalue weighted by Crippen LogP contribution is 2.40. The van der Waals surface area contributed by atoms with Gasteiger partial charge in [-0.15, -0.1) is 0 Å². The summed E-state index contributed by atoms with van der Waals surface area (Å²) in [6, 6.07) is 30.6. The topological polar surface area (TPSA) is 55.4 Å². The van der Waals surface area contributed by atoms with Gasteiger partial charge in [-0.1, -0.05) is 110 Å². The Balaban J connectivity index is 1.20. The molecule has 3 aliphatic rings. The minimum absolute atomic E-state index is 0.176. The fraction of sp³-hybridized carbons (Fsp3) is 0.471. The lowest BCUT2D eigenvalue weighted by molar-refractivity contribution is -0.296. The normalized spacial score (nSPS) is 28.5. The van der Waals surface area contributed by atoms with E-state index in [2.05, 4.69) is 36.4 Å². The first-order valence-electron chi connectivity index (χ1n) is 14.7. The van der Waals surface area contributed by atoms with E-state index in [0.717, 1.165) is 29.5 Å². The summed E-state index contributed by atoms with van der Waals surface area (Å²) in [4.78, 5) is 0. The summed E-state index contributed by atoms with van der Waals surface area (Å²) in [6.07, 6.45) is 3.78. The second kappa shape index (κ2) is 13.9. The first-order chi connectivity index (χ1) is 19.8. The molecule has 6 rings (SSSR count). The molecule has 0 amide bonds. The summed E-state index contributed by atoms with van der Waals surface area (Å²) in [6.45, 7) is 1.85. The molecule has 0 radical (unpaired) electrons. The molecule has 2 saturated heterocycles. The van der Waals surface area contributed by atoms with Gasteiger partial charge in [0.1, 0.15) is 30.5 Å². The lowest BCUT2D eigenvalue weighted by Crippen LogP contribution is -2.57. The third kappa shape index (κ3) is 7.00. The highest BCUT2D eigenvalue weighted by Gasteiger charge is 2.58. The van der Waals surface area contributed by atoms with Crippen molar-refractivity contribution in [2.45, 2.75) is 94.8 Å². The van der Waals surface area contributed by atoms with Gasteiger partial charge < -0.3 is 28.4 Å². The number of hydrogen-bond donors (Lipinski definition) is 0. The van der Waals surface area contributed by atoms with E-state index in [0.29, 0.717) is 26.4 Å². The van der Waals surface area contributed by atoms with Crippen LogP contribution >= 0.6 is 0 Å². The first kappa shape index (κ1) is 27.6. The van der Waals surface area contributed by atoms with Crippen molar-refractivity contribution in [1.82, 2.24) is 0 Å². The monoisotopic (exact) mass is 544 g/mol. The van der Waals surface area contributed by atoms with Crippen LogP contribution in [0, 0.1) is 0 Å². The Bertz CT molecular complexity index is 1140. The van der Waals surface area contributed by atoms with Gasteiger partial charge in [0.05, 0.1) is 32.5 Å². The van der Waals surface area contributed by atoms with Crippen molar-refractivity contribution in [3.8, 4) is 0 Å². The molecule has 40 heavy (non-hydrogen) atoms. The third-order valence-corrected chi connectivity index (χ3v) is 8.07. The van der Waals surface area contributed by atoms with Crippen molar-refractivity contribution in [3.63, 3.8) is 0 Å². The Morgan fingerprint density at radius 3 is 1.73 bits per heavy atom. The molecule has 212 valence electrons. The summed E-state index contributed by atoms with van der Waals surface area (Å²) in [5.74, 6) is 0. The second-order valence-electron chi connectivity index (χ2n) is 11.0. The van der Waals surface area contributed by atoms with Crippen molar-refractivity contribution in [3.05, 3.63) is 108 Å². The lowest BCUT2D eigenvalue weighted by Gasteiger charge is -2.41. The largest absolute Gasteiger partial charge is 0.374 e. The molecule has 6 heteroatoms. The summed E-state index contributed by atoms with van der Waals surface area (Å²) in [5.41, 5.74) is 3.34. The van der Waals surface area contributed by atoms with Crippen LogP contribution in [0.1, 0.15) is 48.8 Å². The molecule has 1 aliphatic carbocycles. The minimum atomic E-state index is -0.516. The standard InChI is InChI=1S/C34H40O6/c1-5-13-25(14-6-1)21-35-24-29-30-31(36-22-26-15-7-2-8-16-26)32(39-29)33(37-23-27-17-9-3-10-18-27)34(40-30)38-28-19-11-4-12-20-28/h1-3,5-10,13-18,28-34H,4,11-12,19-24H2/t29-,30-,31-,32+,33+,34+/m1/s1. The van der Waals surface area contributed by atoms with Crippen LogP contribution in [0.5, 0.6) is 0 Å². The van der Waals surface area contributed by atoms with E-state index < -0.39 is 12.4 Å². The van der Waals surface area contributed by atoms with Gasteiger partial charge in [0.25, 0.3) is 0 Å². The fourth-order valence-corrected chi connectivity index (χ4v) is 5.97. The van der Waals surface area contributed by atoms with E-state index in [9.17, 15) is 0 Å². The minimum Gasteiger partial charge on any atom is -0.374 e. The highest BCUT2D eigenvalue weighted by molar-refractivity contribution is 5.16. The van der Waals surface area contributed by atoms with Crippen molar-refractivity contribution in [1.29, 1.82) is 0 Å². The Morgan fingerprint density at radius 2 is 1.12 bits per heavy atom. The maximum atomic E-state index is 6.72. The van der Waals surface area contributed by atoms with Crippen LogP contribution in [-0.2, 0) is 48.2 Å². The Labute approximate surface area is 237 Å². The van der Waals surface area contributed by atoms with Crippen molar-refractivity contribution >= 4 is 0 Å². The molecule has 0 aromatic heterocycles. The predicted molar refractivity (Wildman–Crippen MR) is 151 cm³/mol. The molecule has 2 aliphatic heterocycles. The van der Waals surface area contributed by atoms with Gasteiger partial charge >= 0.3 is 0 Å². The lowest BCUT2D eigenvalue weighted by atomic mass is 9.96. The average molecular weight is 545 g/mol. The van der Waals surface area contributed by atoms with Crippen LogP contribution in [0.2, 0.25) is 0 Å². The molecule has 3 aromatic rings. The van der Waals surface area contributed by atoms with E-state index in [4.69, 9.17) is 28.4 Å². The number of hydrogen-bond acceptors (Lipinski definition) is 6. The van der Waals surface area contributed by atoms with E-state index in [1.807, 2.05) is 54.6 Å². The van der Waals surface area contributed by atoms with Crippen molar-refractivity contribution in [2.75, 3.05) is 6.61 Å². The van der Waals surface area contributed by atoms with Crippen LogP contribution < -0.4 is 0 Å². The first-order valence-corrected chi connectivity index (χ1v) is 14.7. The van der Waals surface area contributed by atoms with Gasteiger partial charge in [-0.2, -0.15) is 0 Å². The Morgan fingerprint density at radius 1 is 0.575 bits per heavy atom. The van der Waals surface area contributed by atoms with Crippen LogP contribution in [-0.4, -0.2) is 49.5 Å². The summed E-state index contributed by atoms with van der Waals surface area (Å²) in [7, 11) is 0.